The Morgan fingerprint density at radius 1 is 1.04 bits per heavy atom. The number of thiophene rings is 1. The average molecular weight is 339 g/mol. The molecule has 124 valence electrons. The molecule has 5 heteroatoms. The molecule has 0 radical (unpaired) electrons. The zero-order valence-electron chi connectivity index (χ0n) is 13.6. The van der Waals surface area contributed by atoms with Crippen molar-refractivity contribution in [2.24, 2.45) is 0 Å². The van der Waals surface area contributed by atoms with Gasteiger partial charge in [-0.1, -0.05) is 24.6 Å². The molecule has 1 N–H and O–H groups in total. The highest BCUT2D eigenvalue weighted by Gasteiger charge is 2.18. The first kappa shape index (κ1) is 15.4. The predicted molar refractivity (Wildman–Crippen MR) is 99.1 cm³/mol. The second kappa shape index (κ2) is 7.18. The van der Waals surface area contributed by atoms with Crippen molar-refractivity contribution in [3.05, 3.63) is 47.1 Å². The van der Waals surface area contributed by atoms with Gasteiger partial charge in [0, 0.05) is 4.88 Å². The van der Waals surface area contributed by atoms with Crippen molar-refractivity contribution >= 4 is 27.4 Å². The van der Waals surface area contributed by atoms with Crippen LogP contribution in [-0.4, -0.2) is 23.1 Å². The molecule has 4 rings (SSSR count). The molecule has 0 bridgehead atoms. The molecule has 0 atom stereocenters. The monoisotopic (exact) mass is 339 g/mol. The van der Waals surface area contributed by atoms with E-state index in [-0.39, 0.29) is 0 Å². The first-order chi connectivity index (χ1) is 11.9. The number of anilines is 1. The molecular weight excluding hydrogens is 318 g/mol. The Kier molecular flexibility index (Phi) is 4.60. The second-order valence-corrected chi connectivity index (χ2v) is 7.14. The van der Waals surface area contributed by atoms with E-state index in [4.69, 9.17) is 4.74 Å². The van der Waals surface area contributed by atoms with Crippen LogP contribution >= 0.6 is 11.3 Å². The lowest BCUT2D eigenvalue weighted by atomic mass is 10.1. The number of aryl methyl sites for hydroxylation is 2. The summed E-state index contributed by atoms with van der Waals surface area (Å²) in [5.41, 5.74) is 1.47. The lowest BCUT2D eigenvalue weighted by Crippen LogP contribution is -2.12. The van der Waals surface area contributed by atoms with E-state index in [1.807, 2.05) is 41.7 Å². The lowest BCUT2D eigenvalue weighted by Gasteiger charge is -2.09. The summed E-state index contributed by atoms with van der Waals surface area (Å²) in [6.45, 7) is 1.34. The smallest absolute Gasteiger partial charge is 0.138 e. The van der Waals surface area contributed by atoms with E-state index in [2.05, 4.69) is 15.3 Å². The fourth-order valence-corrected chi connectivity index (χ4v) is 4.48. The Morgan fingerprint density at radius 3 is 2.83 bits per heavy atom. The first-order valence-corrected chi connectivity index (χ1v) is 9.40. The molecule has 0 spiro atoms. The summed E-state index contributed by atoms with van der Waals surface area (Å²) in [5.74, 6) is 1.85. The quantitative estimate of drug-likeness (QED) is 0.551. The van der Waals surface area contributed by atoms with Gasteiger partial charge in [0.25, 0.3) is 0 Å². The summed E-state index contributed by atoms with van der Waals surface area (Å²) in [7, 11) is 0. The van der Waals surface area contributed by atoms with Gasteiger partial charge in [0.1, 0.15) is 29.3 Å². The molecule has 1 aliphatic rings. The third-order valence-corrected chi connectivity index (χ3v) is 5.61. The maximum absolute atomic E-state index is 5.75. The van der Waals surface area contributed by atoms with Crippen molar-refractivity contribution < 1.29 is 4.74 Å². The largest absolute Gasteiger partial charge is 0.492 e. The molecule has 24 heavy (non-hydrogen) atoms. The van der Waals surface area contributed by atoms with E-state index in [0.29, 0.717) is 6.61 Å². The highest BCUT2D eigenvalue weighted by atomic mass is 32.1. The Labute approximate surface area is 145 Å². The minimum absolute atomic E-state index is 0.613. The Morgan fingerprint density at radius 2 is 1.92 bits per heavy atom. The van der Waals surface area contributed by atoms with Crippen LogP contribution in [0.4, 0.5) is 5.82 Å². The Bertz CT molecular complexity index is 816. The van der Waals surface area contributed by atoms with Crippen molar-refractivity contribution in [2.75, 3.05) is 18.5 Å². The molecule has 0 saturated carbocycles. The summed E-state index contributed by atoms with van der Waals surface area (Å²) in [4.78, 5) is 11.6. The Hall–Kier alpha value is -2.14. The molecule has 0 amide bonds. The maximum atomic E-state index is 5.75. The molecule has 2 aromatic heterocycles. The molecule has 0 unspecified atom stereocenters. The number of benzene rings is 1. The molecule has 0 aliphatic heterocycles. The van der Waals surface area contributed by atoms with E-state index in [1.165, 1.54) is 41.5 Å². The number of fused-ring (bicyclic) bond motifs is 3. The summed E-state index contributed by atoms with van der Waals surface area (Å²) in [6, 6.07) is 9.91. The van der Waals surface area contributed by atoms with Crippen molar-refractivity contribution in [1.29, 1.82) is 0 Å². The van der Waals surface area contributed by atoms with Gasteiger partial charge in [0.05, 0.1) is 11.9 Å². The first-order valence-electron chi connectivity index (χ1n) is 8.59. The molecule has 0 saturated heterocycles. The van der Waals surface area contributed by atoms with Crippen LogP contribution in [0.25, 0.3) is 10.2 Å². The number of aromatic nitrogens is 2. The molecule has 0 fully saturated rings. The predicted octanol–water partition coefficient (Wildman–Crippen LogP) is 4.45. The summed E-state index contributed by atoms with van der Waals surface area (Å²) >= 11 is 1.84. The summed E-state index contributed by atoms with van der Waals surface area (Å²) < 4.78 is 5.75. The van der Waals surface area contributed by atoms with Gasteiger partial charge in [0.2, 0.25) is 0 Å². The summed E-state index contributed by atoms with van der Waals surface area (Å²) in [5, 5.41) is 4.68. The highest BCUT2D eigenvalue weighted by Crippen LogP contribution is 2.37. The zero-order chi connectivity index (χ0) is 16.2. The van der Waals surface area contributed by atoms with Crippen LogP contribution in [-0.2, 0) is 12.8 Å². The third kappa shape index (κ3) is 3.22. The molecule has 1 aromatic carbocycles. The van der Waals surface area contributed by atoms with E-state index in [1.54, 1.807) is 6.33 Å². The van der Waals surface area contributed by atoms with Crippen molar-refractivity contribution in [1.82, 2.24) is 9.97 Å². The fourth-order valence-electron chi connectivity index (χ4n) is 3.26. The van der Waals surface area contributed by atoms with Crippen LogP contribution in [0, 0.1) is 0 Å². The van der Waals surface area contributed by atoms with E-state index in [9.17, 15) is 0 Å². The number of nitrogens with zero attached hydrogens (tertiary/aromatic N) is 2. The van der Waals surface area contributed by atoms with Gasteiger partial charge in [-0.2, -0.15) is 0 Å². The lowest BCUT2D eigenvalue weighted by molar-refractivity contribution is 0.333. The number of hydrogen-bond donors (Lipinski definition) is 1. The maximum Gasteiger partial charge on any atom is 0.138 e. The Balaban J connectivity index is 1.48. The number of para-hydroxylation sites is 1. The minimum Gasteiger partial charge on any atom is -0.492 e. The normalized spacial score (nSPS) is 14.2. The van der Waals surface area contributed by atoms with Crippen molar-refractivity contribution in [2.45, 2.75) is 32.1 Å². The highest BCUT2D eigenvalue weighted by molar-refractivity contribution is 7.18. The topological polar surface area (TPSA) is 47.0 Å². The third-order valence-electron chi connectivity index (χ3n) is 4.41. The van der Waals surface area contributed by atoms with Crippen LogP contribution in [0.1, 0.15) is 29.7 Å². The SMILES string of the molecule is c1ccc(OCCNc2ncnc3sc4c(c23)CCCCC4)cc1. The van der Waals surface area contributed by atoms with Crippen LogP contribution in [0.15, 0.2) is 36.7 Å². The van der Waals surface area contributed by atoms with Crippen LogP contribution in [0.3, 0.4) is 0 Å². The number of hydrogen-bond acceptors (Lipinski definition) is 5. The van der Waals surface area contributed by atoms with E-state index < -0.39 is 0 Å². The standard InChI is InChI=1S/C19H21N3OS/c1-3-7-14(8-4-1)23-12-11-20-18-17-15-9-5-2-6-10-16(15)24-19(17)22-13-21-18/h1,3-4,7-8,13H,2,5-6,9-12H2,(H,20,21,22). The fraction of sp³-hybridized carbons (Fsp3) is 0.368. The van der Waals surface area contributed by atoms with E-state index >= 15 is 0 Å². The molecular formula is C19H21N3OS. The van der Waals surface area contributed by atoms with E-state index in [0.717, 1.165) is 29.4 Å². The van der Waals surface area contributed by atoms with Crippen LogP contribution < -0.4 is 10.1 Å². The zero-order valence-corrected chi connectivity index (χ0v) is 14.4. The van der Waals surface area contributed by atoms with Crippen LogP contribution in [0.2, 0.25) is 0 Å². The van der Waals surface area contributed by atoms with Gasteiger partial charge >= 0.3 is 0 Å². The molecule has 1 aliphatic carbocycles. The van der Waals surface area contributed by atoms with Gasteiger partial charge < -0.3 is 10.1 Å². The van der Waals surface area contributed by atoms with Crippen molar-refractivity contribution in [3.63, 3.8) is 0 Å². The van der Waals surface area contributed by atoms with Gasteiger partial charge in [0.15, 0.2) is 0 Å². The van der Waals surface area contributed by atoms with Crippen LogP contribution in [0.5, 0.6) is 5.75 Å². The van der Waals surface area contributed by atoms with Gasteiger partial charge in [-0.25, -0.2) is 9.97 Å². The summed E-state index contributed by atoms with van der Waals surface area (Å²) in [6.07, 6.45) is 7.89. The number of nitrogens with one attached hydrogen (secondary N) is 1. The van der Waals surface area contributed by atoms with Crippen molar-refractivity contribution in [3.8, 4) is 5.75 Å². The average Bonchev–Trinajstić information content (AvgIpc) is 2.82. The number of rotatable bonds is 5. The number of ether oxygens (including phenoxy) is 1. The van der Waals surface area contributed by atoms with Gasteiger partial charge in [-0.15, -0.1) is 11.3 Å². The molecule has 3 aromatic rings. The second-order valence-electron chi connectivity index (χ2n) is 6.06. The molecule has 2 heterocycles. The molecule has 4 nitrogen and oxygen atoms in total. The van der Waals surface area contributed by atoms with Gasteiger partial charge in [-0.05, 0) is 43.4 Å². The minimum atomic E-state index is 0.613. The van der Waals surface area contributed by atoms with Gasteiger partial charge in [-0.3, -0.25) is 0 Å².